The molecule has 2 atom stereocenters. The van der Waals surface area contributed by atoms with E-state index in [0.29, 0.717) is 16.9 Å². The van der Waals surface area contributed by atoms with Gasteiger partial charge in [-0.05, 0) is 38.7 Å². The van der Waals surface area contributed by atoms with E-state index < -0.39 is 0 Å². The standard InChI is InChI=1S/C24H31N9O2.ClH/c1-14-20(25)24(13-35-14)6-10-32(11-7-24)17-12-28-19-21(29-17)30-31-22(19)33-9-3-4-15-16(33)5-8-27-18(15)23(34)26-2;/h5,8,12,14,20H,3-4,6-7,9-11,13,25H2,1-2H3,(H,26,34)(H,29,30,31);1H/t14-,20+;/m0./s1. The quantitative estimate of drug-likeness (QED) is 0.479. The Morgan fingerprint density at radius 2 is 2.08 bits per heavy atom. The van der Waals surface area contributed by atoms with Crippen LogP contribution in [0.1, 0.15) is 42.2 Å². The highest BCUT2D eigenvalue weighted by atomic mass is 35.5. The maximum Gasteiger partial charge on any atom is 0.269 e. The van der Waals surface area contributed by atoms with Gasteiger partial charge in [-0.25, -0.2) is 9.97 Å². The number of nitrogens with two attached hydrogens (primary N) is 1. The van der Waals surface area contributed by atoms with Crippen molar-refractivity contribution in [3.63, 3.8) is 0 Å². The zero-order valence-electron chi connectivity index (χ0n) is 20.5. The number of pyridine rings is 1. The second-order valence-corrected chi connectivity index (χ2v) is 9.86. The van der Waals surface area contributed by atoms with E-state index in [4.69, 9.17) is 20.4 Å². The van der Waals surface area contributed by atoms with E-state index in [-0.39, 0.29) is 35.9 Å². The molecule has 3 aliphatic rings. The van der Waals surface area contributed by atoms with Crippen molar-refractivity contribution in [1.29, 1.82) is 0 Å². The first kappa shape index (κ1) is 24.7. The van der Waals surface area contributed by atoms with Crippen LogP contribution in [-0.4, -0.2) is 76.5 Å². The average molecular weight is 514 g/mol. The first-order valence-electron chi connectivity index (χ1n) is 12.3. The first-order chi connectivity index (χ1) is 17.0. The highest BCUT2D eigenvalue weighted by Crippen LogP contribution is 2.42. The van der Waals surface area contributed by atoms with Crippen molar-refractivity contribution in [2.45, 2.75) is 44.8 Å². The fourth-order valence-corrected chi connectivity index (χ4v) is 5.82. The molecule has 2 saturated heterocycles. The molecule has 3 aromatic heterocycles. The summed E-state index contributed by atoms with van der Waals surface area (Å²) in [5.74, 6) is 1.38. The number of ether oxygens (including phenoxy) is 1. The molecule has 1 spiro atoms. The number of piperidine rings is 1. The van der Waals surface area contributed by atoms with Crippen molar-refractivity contribution in [2.75, 3.05) is 43.1 Å². The second-order valence-electron chi connectivity index (χ2n) is 9.86. The lowest BCUT2D eigenvalue weighted by atomic mass is 9.73. The van der Waals surface area contributed by atoms with Gasteiger partial charge in [0, 0.05) is 55.6 Å². The highest BCUT2D eigenvalue weighted by Gasteiger charge is 2.47. The Balaban J connectivity index is 0.00000267. The second kappa shape index (κ2) is 9.45. The van der Waals surface area contributed by atoms with Gasteiger partial charge in [0.1, 0.15) is 11.5 Å². The fourth-order valence-electron chi connectivity index (χ4n) is 5.82. The van der Waals surface area contributed by atoms with Gasteiger partial charge in [-0.1, -0.05) is 0 Å². The van der Waals surface area contributed by atoms with E-state index in [1.807, 2.05) is 12.3 Å². The van der Waals surface area contributed by atoms with E-state index >= 15 is 0 Å². The average Bonchev–Trinajstić information content (AvgIpc) is 3.44. The van der Waals surface area contributed by atoms with Gasteiger partial charge in [0.2, 0.25) is 0 Å². The Morgan fingerprint density at radius 1 is 1.28 bits per heavy atom. The van der Waals surface area contributed by atoms with Crippen LogP contribution in [0.5, 0.6) is 0 Å². The monoisotopic (exact) mass is 513 g/mol. The molecule has 0 aromatic carbocycles. The first-order valence-corrected chi connectivity index (χ1v) is 12.3. The summed E-state index contributed by atoms with van der Waals surface area (Å²) >= 11 is 0. The molecular weight excluding hydrogens is 482 g/mol. The lowest BCUT2D eigenvalue weighted by molar-refractivity contribution is 0.0956. The van der Waals surface area contributed by atoms with E-state index in [1.54, 1.807) is 13.2 Å². The van der Waals surface area contributed by atoms with Crippen LogP contribution in [0.15, 0.2) is 18.5 Å². The van der Waals surface area contributed by atoms with Crippen molar-refractivity contribution in [1.82, 2.24) is 30.5 Å². The Labute approximate surface area is 215 Å². The summed E-state index contributed by atoms with van der Waals surface area (Å²) in [5.41, 5.74) is 10.2. The van der Waals surface area contributed by atoms with Gasteiger partial charge < -0.3 is 25.6 Å². The summed E-state index contributed by atoms with van der Waals surface area (Å²) in [7, 11) is 1.62. The Bertz CT molecular complexity index is 1270. The number of rotatable bonds is 3. The summed E-state index contributed by atoms with van der Waals surface area (Å²) in [5, 5.41) is 10.3. The molecule has 12 heteroatoms. The number of aromatic amines is 1. The molecular formula is C24H32ClN9O2. The maximum absolute atomic E-state index is 12.3. The summed E-state index contributed by atoms with van der Waals surface area (Å²) in [4.78, 5) is 30.7. The lowest BCUT2D eigenvalue weighted by Crippen LogP contribution is -2.50. The number of H-pyrrole nitrogens is 1. The van der Waals surface area contributed by atoms with Gasteiger partial charge in [-0.15, -0.1) is 12.4 Å². The molecule has 3 aromatic rings. The minimum Gasteiger partial charge on any atom is -0.376 e. The third-order valence-electron chi connectivity index (χ3n) is 8.00. The number of fused-ring (bicyclic) bond motifs is 2. The predicted molar refractivity (Wildman–Crippen MR) is 139 cm³/mol. The largest absolute Gasteiger partial charge is 0.376 e. The Hall–Kier alpha value is -3.02. The number of hydrogen-bond donors (Lipinski definition) is 3. The number of amides is 1. The molecule has 3 aliphatic heterocycles. The number of carbonyl (C=O) groups excluding carboxylic acids is 1. The molecule has 192 valence electrons. The molecule has 6 rings (SSSR count). The van der Waals surface area contributed by atoms with E-state index in [2.05, 4.69) is 37.2 Å². The normalized spacial score (nSPS) is 23.0. The number of carbonyl (C=O) groups is 1. The topological polar surface area (TPSA) is 138 Å². The van der Waals surface area contributed by atoms with Crippen LogP contribution in [0.25, 0.3) is 11.2 Å². The molecule has 6 heterocycles. The SMILES string of the molecule is CNC(=O)c1nccc2c1CCCN2c1n[nH]c2nc(N3CCC4(CC3)CO[C@@H](C)[C@H]4N)cnc12.Cl. The highest BCUT2D eigenvalue weighted by molar-refractivity contribution is 5.96. The summed E-state index contributed by atoms with van der Waals surface area (Å²) in [6, 6.07) is 2.02. The van der Waals surface area contributed by atoms with Crippen molar-refractivity contribution < 1.29 is 9.53 Å². The number of halogens is 1. The van der Waals surface area contributed by atoms with Gasteiger partial charge >= 0.3 is 0 Å². The molecule has 36 heavy (non-hydrogen) atoms. The van der Waals surface area contributed by atoms with Gasteiger partial charge in [0.05, 0.1) is 18.9 Å². The van der Waals surface area contributed by atoms with Crippen molar-refractivity contribution >= 4 is 46.8 Å². The molecule has 0 radical (unpaired) electrons. The Kier molecular flexibility index (Phi) is 6.48. The van der Waals surface area contributed by atoms with Crippen molar-refractivity contribution in [2.24, 2.45) is 11.1 Å². The summed E-state index contributed by atoms with van der Waals surface area (Å²) in [6.45, 7) is 5.34. The zero-order chi connectivity index (χ0) is 24.2. The third-order valence-corrected chi connectivity index (χ3v) is 8.00. The van der Waals surface area contributed by atoms with Crippen LogP contribution in [0.4, 0.5) is 17.3 Å². The smallest absolute Gasteiger partial charge is 0.269 e. The van der Waals surface area contributed by atoms with Crippen molar-refractivity contribution in [3.05, 3.63) is 29.7 Å². The van der Waals surface area contributed by atoms with Gasteiger partial charge in [0.25, 0.3) is 5.91 Å². The van der Waals surface area contributed by atoms with Crippen LogP contribution in [0.3, 0.4) is 0 Å². The fraction of sp³-hybridized carbons (Fsp3) is 0.542. The number of aromatic nitrogens is 5. The van der Waals surface area contributed by atoms with Crippen LogP contribution < -0.4 is 20.9 Å². The van der Waals surface area contributed by atoms with Crippen LogP contribution in [0.2, 0.25) is 0 Å². The van der Waals surface area contributed by atoms with Gasteiger partial charge in [-0.3, -0.25) is 14.9 Å². The lowest BCUT2D eigenvalue weighted by Gasteiger charge is -2.41. The molecule has 0 bridgehead atoms. The molecule has 4 N–H and O–H groups in total. The summed E-state index contributed by atoms with van der Waals surface area (Å²) < 4.78 is 5.85. The number of nitrogens with zero attached hydrogens (tertiary/aromatic N) is 6. The van der Waals surface area contributed by atoms with Crippen LogP contribution in [-0.2, 0) is 11.2 Å². The van der Waals surface area contributed by atoms with Gasteiger partial charge in [0.15, 0.2) is 17.0 Å². The van der Waals surface area contributed by atoms with E-state index in [9.17, 15) is 4.79 Å². The Morgan fingerprint density at radius 3 is 2.81 bits per heavy atom. The van der Waals surface area contributed by atoms with Crippen molar-refractivity contribution in [3.8, 4) is 0 Å². The van der Waals surface area contributed by atoms with E-state index in [1.165, 1.54) is 0 Å². The molecule has 0 aliphatic carbocycles. The summed E-state index contributed by atoms with van der Waals surface area (Å²) in [6.07, 6.45) is 7.28. The van der Waals surface area contributed by atoms with E-state index in [0.717, 1.165) is 74.8 Å². The molecule has 1 amide bonds. The number of nitrogens with one attached hydrogen (secondary N) is 2. The molecule has 11 nitrogen and oxygen atoms in total. The zero-order valence-corrected chi connectivity index (χ0v) is 21.3. The molecule has 0 saturated carbocycles. The van der Waals surface area contributed by atoms with Crippen LogP contribution in [0, 0.1) is 5.41 Å². The number of anilines is 3. The molecule has 2 fully saturated rings. The third kappa shape index (κ3) is 3.86. The maximum atomic E-state index is 12.3. The molecule has 0 unspecified atom stereocenters. The predicted octanol–water partition coefficient (Wildman–Crippen LogP) is 1.95. The minimum absolute atomic E-state index is 0. The van der Waals surface area contributed by atoms with Crippen LogP contribution >= 0.6 is 12.4 Å². The minimum atomic E-state index is -0.178. The van der Waals surface area contributed by atoms with Gasteiger partial charge in [-0.2, -0.15) is 5.10 Å². The number of hydrogen-bond acceptors (Lipinski definition) is 9.